The van der Waals surface area contributed by atoms with Crippen LogP contribution in [0.5, 0.6) is 28.7 Å². The third kappa shape index (κ3) is 5.85. The van der Waals surface area contributed by atoms with Gasteiger partial charge in [0.1, 0.15) is 17.2 Å². The molecule has 0 unspecified atom stereocenters. The highest BCUT2D eigenvalue weighted by Gasteiger charge is 2.14. The standard InChI is InChI=1S/C22H31N3O5/c1-23-22(24-10-9-15-7-8-18(27-3)21(11-15)30-6)25-14-17-19(28-4)12-16(26-2)13-20(17)29-5/h7-8,11-13H,9-10,14H2,1-6H3,(H2,23,24,25). The minimum atomic E-state index is 0.479. The fraction of sp³-hybridized carbons (Fsp3) is 0.409. The minimum absolute atomic E-state index is 0.479. The summed E-state index contributed by atoms with van der Waals surface area (Å²) in [6, 6.07) is 9.55. The molecular formula is C22H31N3O5. The molecule has 0 aliphatic rings. The second kappa shape index (κ2) is 11.6. The Labute approximate surface area is 178 Å². The summed E-state index contributed by atoms with van der Waals surface area (Å²) in [6.45, 7) is 1.18. The van der Waals surface area contributed by atoms with Crippen molar-refractivity contribution >= 4 is 5.96 Å². The lowest BCUT2D eigenvalue weighted by atomic mass is 10.1. The van der Waals surface area contributed by atoms with Gasteiger partial charge in [-0.05, 0) is 24.1 Å². The summed E-state index contributed by atoms with van der Waals surface area (Å²) in [4.78, 5) is 4.28. The summed E-state index contributed by atoms with van der Waals surface area (Å²) in [7, 11) is 9.83. The van der Waals surface area contributed by atoms with Gasteiger partial charge in [0, 0.05) is 25.7 Å². The highest BCUT2D eigenvalue weighted by molar-refractivity contribution is 5.79. The lowest BCUT2D eigenvalue weighted by Gasteiger charge is -2.17. The predicted molar refractivity (Wildman–Crippen MR) is 118 cm³/mol. The first kappa shape index (κ1) is 23.0. The smallest absolute Gasteiger partial charge is 0.191 e. The molecule has 30 heavy (non-hydrogen) atoms. The number of nitrogens with one attached hydrogen (secondary N) is 2. The normalized spacial score (nSPS) is 10.9. The maximum Gasteiger partial charge on any atom is 0.191 e. The van der Waals surface area contributed by atoms with Crippen LogP contribution in [0.1, 0.15) is 11.1 Å². The zero-order valence-corrected chi connectivity index (χ0v) is 18.5. The van der Waals surface area contributed by atoms with Crippen molar-refractivity contribution in [2.75, 3.05) is 49.1 Å². The van der Waals surface area contributed by atoms with Gasteiger partial charge < -0.3 is 34.3 Å². The SMILES string of the molecule is CN=C(NCCc1ccc(OC)c(OC)c1)NCc1c(OC)cc(OC)cc1OC. The molecule has 2 N–H and O–H groups in total. The fourth-order valence-electron chi connectivity index (χ4n) is 3.01. The van der Waals surface area contributed by atoms with E-state index in [0.717, 1.165) is 23.3 Å². The summed E-state index contributed by atoms with van der Waals surface area (Å²) in [5.74, 6) is 4.14. The summed E-state index contributed by atoms with van der Waals surface area (Å²) in [6.07, 6.45) is 0.802. The Kier molecular flexibility index (Phi) is 8.93. The van der Waals surface area contributed by atoms with Gasteiger partial charge in [-0.1, -0.05) is 6.07 Å². The summed E-state index contributed by atoms with van der Waals surface area (Å²) < 4.78 is 26.9. The zero-order chi connectivity index (χ0) is 21.9. The number of hydrogen-bond acceptors (Lipinski definition) is 6. The number of hydrogen-bond donors (Lipinski definition) is 2. The van der Waals surface area contributed by atoms with Crippen molar-refractivity contribution in [2.45, 2.75) is 13.0 Å². The van der Waals surface area contributed by atoms with Gasteiger partial charge in [-0.15, -0.1) is 0 Å². The van der Waals surface area contributed by atoms with E-state index in [1.807, 2.05) is 30.3 Å². The van der Waals surface area contributed by atoms with E-state index in [-0.39, 0.29) is 0 Å². The van der Waals surface area contributed by atoms with Gasteiger partial charge in [0.05, 0.1) is 47.7 Å². The molecule has 0 fully saturated rings. The van der Waals surface area contributed by atoms with Gasteiger partial charge in [0.15, 0.2) is 17.5 Å². The van der Waals surface area contributed by atoms with E-state index in [1.165, 1.54) is 0 Å². The van der Waals surface area contributed by atoms with E-state index in [0.29, 0.717) is 42.0 Å². The Balaban J connectivity index is 1.97. The van der Waals surface area contributed by atoms with Crippen molar-refractivity contribution < 1.29 is 23.7 Å². The molecule has 164 valence electrons. The minimum Gasteiger partial charge on any atom is -0.496 e. The molecule has 2 rings (SSSR count). The van der Waals surface area contributed by atoms with Crippen molar-refractivity contribution in [3.63, 3.8) is 0 Å². The molecule has 0 spiro atoms. The van der Waals surface area contributed by atoms with E-state index in [2.05, 4.69) is 15.6 Å². The van der Waals surface area contributed by atoms with Crippen molar-refractivity contribution in [3.05, 3.63) is 41.5 Å². The molecule has 0 aromatic heterocycles. The maximum atomic E-state index is 5.49. The topological polar surface area (TPSA) is 82.6 Å². The number of nitrogens with zero attached hydrogens (tertiary/aromatic N) is 1. The van der Waals surface area contributed by atoms with Crippen LogP contribution in [0.25, 0.3) is 0 Å². The van der Waals surface area contributed by atoms with Crippen LogP contribution in [0, 0.1) is 0 Å². The summed E-state index contributed by atoms with van der Waals surface area (Å²) in [5.41, 5.74) is 2.01. The average molecular weight is 418 g/mol. The highest BCUT2D eigenvalue weighted by atomic mass is 16.5. The van der Waals surface area contributed by atoms with Crippen LogP contribution >= 0.6 is 0 Å². The largest absolute Gasteiger partial charge is 0.496 e. The van der Waals surface area contributed by atoms with Crippen LogP contribution < -0.4 is 34.3 Å². The molecule has 0 aliphatic heterocycles. The van der Waals surface area contributed by atoms with Gasteiger partial charge in [-0.25, -0.2) is 0 Å². The van der Waals surface area contributed by atoms with E-state index >= 15 is 0 Å². The van der Waals surface area contributed by atoms with Gasteiger partial charge in [0.25, 0.3) is 0 Å². The van der Waals surface area contributed by atoms with E-state index in [4.69, 9.17) is 23.7 Å². The zero-order valence-electron chi connectivity index (χ0n) is 18.5. The van der Waals surface area contributed by atoms with Gasteiger partial charge in [-0.2, -0.15) is 0 Å². The molecule has 0 heterocycles. The molecule has 2 aromatic rings. The number of benzene rings is 2. The fourth-order valence-corrected chi connectivity index (χ4v) is 3.01. The molecular weight excluding hydrogens is 386 g/mol. The number of ether oxygens (including phenoxy) is 5. The van der Waals surface area contributed by atoms with Crippen LogP contribution in [-0.4, -0.2) is 55.1 Å². The quantitative estimate of drug-likeness (QED) is 0.454. The van der Waals surface area contributed by atoms with Gasteiger partial charge in [0.2, 0.25) is 0 Å². The maximum absolute atomic E-state index is 5.49. The van der Waals surface area contributed by atoms with Crippen molar-refractivity contribution in [1.82, 2.24) is 10.6 Å². The Morgan fingerprint density at radius 1 is 0.767 bits per heavy atom. The third-order valence-electron chi connectivity index (χ3n) is 4.63. The molecule has 8 nitrogen and oxygen atoms in total. The summed E-state index contributed by atoms with van der Waals surface area (Å²) in [5, 5.41) is 6.61. The molecule has 0 saturated carbocycles. The highest BCUT2D eigenvalue weighted by Crippen LogP contribution is 2.33. The molecule has 2 aromatic carbocycles. The number of rotatable bonds is 10. The monoisotopic (exact) mass is 417 g/mol. The van der Waals surface area contributed by atoms with Crippen LogP contribution in [0.2, 0.25) is 0 Å². The molecule has 0 atom stereocenters. The lowest BCUT2D eigenvalue weighted by Crippen LogP contribution is -2.38. The van der Waals surface area contributed by atoms with Crippen LogP contribution in [0.4, 0.5) is 0 Å². The second-order valence-electron chi connectivity index (χ2n) is 6.30. The van der Waals surface area contributed by atoms with E-state index in [9.17, 15) is 0 Å². The molecule has 0 radical (unpaired) electrons. The first-order valence-corrected chi connectivity index (χ1v) is 9.54. The van der Waals surface area contributed by atoms with Crippen LogP contribution in [0.3, 0.4) is 0 Å². The molecule has 0 aliphatic carbocycles. The average Bonchev–Trinajstić information content (AvgIpc) is 2.80. The van der Waals surface area contributed by atoms with Gasteiger partial charge in [-0.3, -0.25) is 4.99 Å². The molecule has 8 heteroatoms. The predicted octanol–water partition coefficient (Wildman–Crippen LogP) is 2.64. The van der Waals surface area contributed by atoms with E-state index in [1.54, 1.807) is 42.6 Å². The lowest BCUT2D eigenvalue weighted by molar-refractivity contribution is 0.354. The third-order valence-corrected chi connectivity index (χ3v) is 4.63. The molecule has 0 bridgehead atoms. The first-order chi connectivity index (χ1) is 14.6. The Morgan fingerprint density at radius 3 is 1.93 bits per heavy atom. The Bertz CT molecular complexity index is 830. The van der Waals surface area contributed by atoms with E-state index < -0.39 is 0 Å². The summed E-state index contributed by atoms with van der Waals surface area (Å²) >= 11 is 0. The molecule has 0 amide bonds. The van der Waals surface area contributed by atoms with Crippen LogP contribution in [0.15, 0.2) is 35.3 Å². The number of guanidine groups is 1. The molecule has 0 saturated heterocycles. The van der Waals surface area contributed by atoms with Crippen molar-refractivity contribution in [1.29, 1.82) is 0 Å². The second-order valence-corrected chi connectivity index (χ2v) is 6.30. The van der Waals surface area contributed by atoms with Crippen molar-refractivity contribution in [2.24, 2.45) is 4.99 Å². The first-order valence-electron chi connectivity index (χ1n) is 9.54. The van der Waals surface area contributed by atoms with Gasteiger partial charge >= 0.3 is 0 Å². The number of methoxy groups -OCH3 is 5. The Morgan fingerprint density at radius 2 is 1.40 bits per heavy atom. The Hall–Kier alpha value is -3.29. The number of aliphatic imine (C=N–C) groups is 1. The van der Waals surface area contributed by atoms with Crippen LogP contribution in [-0.2, 0) is 13.0 Å². The van der Waals surface area contributed by atoms with Crippen molar-refractivity contribution in [3.8, 4) is 28.7 Å².